The van der Waals surface area contributed by atoms with Crippen LogP contribution in [0, 0.1) is 11.3 Å². The van der Waals surface area contributed by atoms with Crippen molar-refractivity contribution in [2.24, 2.45) is 0 Å². The number of nitriles is 1. The van der Waals surface area contributed by atoms with Crippen molar-refractivity contribution in [1.29, 1.82) is 5.26 Å². The van der Waals surface area contributed by atoms with E-state index in [1.54, 1.807) is 36.4 Å². The number of aromatic nitrogens is 2. The molecule has 3 nitrogen and oxygen atoms in total. The van der Waals surface area contributed by atoms with Crippen LogP contribution in [0.4, 0.5) is 26.3 Å². The molecule has 2 heterocycles. The molecule has 0 aliphatic rings. The first-order valence-corrected chi connectivity index (χ1v) is 20.3. The summed E-state index contributed by atoms with van der Waals surface area (Å²) in [6.07, 6.45) is -10.1. The number of benzene rings is 7. The van der Waals surface area contributed by atoms with E-state index in [0.29, 0.717) is 28.6 Å². The van der Waals surface area contributed by atoms with E-state index in [1.807, 2.05) is 60.7 Å². The molecule has 0 fully saturated rings. The zero-order valence-electron chi connectivity index (χ0n) is 34.9. The number of nitrogens with zero attached hydrogens (tertiary/aromatic N) is 3. The fourth-order valence-electron chi connectivity index (χ4n) is 8.75. The number of alkyl halides is 6. The second-order valence-corrected chi connectivity index (χ2v) is 18.0. The van der Waals surface area contributed by atoms with Crippen LogP contribution in [0.5, 0.6) is 0 Å². The number of rotatable bonds is 4. The molecule has 0 amide bonds. The summed E-state index contributed by atoms with van der Waals surface area (Å²) in [5, 5.41) is 14.2. The molecule has 310 valence electrons. The predicted molar refractivity (Wildman–Crippen MR) is 238 cm³/mol. The normalized spacial score (nSPS) is 12.8. The lowest BCUT2D eigenvalue weighted by atomic mass is 9.86. The van der Waals surface area contributed by atoms with Crippen molar-refractivity contribution in [2.45, 2.75) is 64.7 Å². The molecule has 0 saturated carbocycles. The summed E-state index contributed by atoms with van der Waals surface area (Å²) in [6.45, 7) is 12.8. The van der Waals surface area contributed by atoms with Gasteiger partial charge in [0.05, 0.1) is 50.5 Å². The number of para-hydroxylation sites is 2. The van der Waals surface area contributed by atoms with Crippen LogP contribution in [0.3, 0.4) is 0 Å². The minimum atomic E-state index is -5.14. The zero-order chi connectivity index (χ0) is 44.1. The van der Waals surface area contributed by atoms with Gasteiger partial charge in [0.15, 0.2) is 0 Å². The molecule has 0 saturated heterocycles. The molecule has 7 aromatic carbocycles. The average molecular weight is 834 g/mol. The number of hydrogen-bond acceptors (Lipinski definition) is 1. The van der Waals surface area contributed by atoms with Crippen LogP contribution >= 0.6 is 0 Å². The summed E-state index contributed by atoms with van der Waals surface area (Å²) in [5.41, 5.74) is 4.32. The van der Waals surface area contributed by atoms with Gasteiger partial charge in [0, 0.05) is 32.8 Å². The van der Waals surface area contributed by atoms with Crippen molar-refractivity contribution in [3.63, 3.8) is 0 Å². The maximum Gasteiger partial charge on any atom is 0.417 e. The third-order valence-electron chi connectivity index (χ3n) is 11.9. The number of halogens is 6. The Kier molecular flexibility index (Phi) is 9.26. The van der Waals surface area contributed by atoms with Crippen molar-refractivity contribution in [3.05, 3.63) is 167 Å². The highest BCUT2D eigenvalue weighted by atomic mass is 19.4. The smallest absolute Gasteiger partial charge is 0.309 e. The maximum absolute atomic E-state index is 15.1. The largest absolute Gasteiger partial charge is 0.417 e. The highest BCUT2D eigenvalue weighted by Gasteiger charge is 2.39. The van der Waals surface area contributed by atoms with E-state index in [1.165, 1.54) is 0 Å². The molecule has 0 aliphatic heterocycles. The average Bonchev–Trinajstić information content (AvgIpc) is 3.74. The maximum atomic E-state index is 15.1. The molecular formula is C53H41F6N3. The molecule has 0 radical (unpaired) electrons. The summed E-state index contributed by atoms with van der Waals surface area (Å²) >= 11 is 0. The molecule has 0 bridgehead atoms. The summed E-state index contributed by atoms with van der Waals surface area (Å²) in [7, 11) is 0. The molecule has 0 N–H and O–H groups in total. The predicted octanol–water partition coefficient (Wildman–Crippen LogP) is 15.7. The van der Waals surface area contributed by atoms with Crippen molar-refractivity contribution in [2.75, 3.05) is 0 Å². The summed E-state index contributed by atoms with van der Waals surface area (Å²) in [5.74, 6) is 0. The van der Waals surface area contributed by atoms with E-state index in [4.69, 9.17) is 0 Å². The standard InChI is InChI=1S/C53H41F6N3/c1-50(2,3)32-17-23-47-42(26-32)38-11-7-9-13-45(38)61(47)35-19-21-36(37-20-16-34(52(54,55)56)28-44(37)53(57,58)59)40(29-35)41-25-31(30-60)15-22-48(41)62-46-14-10-8-12-39(46)43-27-33(51(4,5)6)18-24-49(43)62/h7-29H,1-6H3. The van der Waals surface area contributed by atoms with Crippen LogP contribution < -0.4 is 0 Å². The van der Waals surface area contributed by atoms with Crippen LogP contribution in [0.2, 0.25) is 0 Å². The molecule has 0 atom stereocenters. The molecule has 2 aromatic heterocycles. The Labute approximate surface area is 355 Å². The Morgan fingerprint density at radius 1 is 0.419 bits per heavy atom. The van der Waals surface area contributed by atoms with Gasteiger partial charge < -0.3 is 9.13 Å². The first kappa shape index (κ1) is 40.6. The topological polar surface area (TPSA) is 33.6 Å². The van der Waals surface area contributed by atoms with Crippen molar-refractivity contribution >= 4 is 43.6 Å². The van der Waals surface area contributed by atoms with E-state index in [2.05, 4.69) is 81.0 Å². The van der Waals surface area contributed by atoms with Gasteiger partial charge in [-0.05, 0) is 118 Å². The molecule has 0 aliphatic carbocycles. The summed E-state index contributed by atoms with van der Waals surface area (Å²) in [6, 6.07) is 42.5. The monoisotopic (exact) mass is 833 g/mol. The Hall–Kier alpha value is -6.79. The first-order valence-electron chi connectivity index (χ1n) is 20.3. The van der Waals surface area contributed by atoms with Gasteiger partial charge in [0.2, 0.25) is 0 Å². The molecule has 0 spiro atoms. The van der Waals surface area contributed by atoms with Crippen LogP contribution in [-0.4, -0.2) is 9.13 Å². The van der Waals surface area contributed by atoms with Gasteiger partial charge in [0.25, 0.3) is 0 Å². The Morgan fingerprint density at radius 2 is 0.935 bits per heavy atom. The molecule has 62 heavy (non-hydrogen) atoms. The Bertz CT molecular complexity index is 3300. The lowest BCUT2D eigenvalue weighted by Crippen LogP contribution is -2.12. The van der Waals surface area contributed by atoms with Gasteiger partial charge in [-0.15, -0.1) is 0 Å². The van der Waals surface area contributed by atoms with E-state index in [-0.39, 0.29) is 28.0 Å². The van der Waals surface area contributed by atoms with Crippen LogP contribution in [0.15, 0.2) is 140 Å². The second kappa shape index (κ2) is 14.1. The minimum Gasteiger partial charge on any atom is -0.309 e. The first-order chi connectivity index (χ1) is 29.2. The van der Waals surface area contributed by atoms with E-state index in [0.717, 1.165) is 60.8 Å². The van der Waals surface area contributed by atoms with Gasteiger partial charge in [-0.25, -0.2) is 0 Å². The van der Waals surface area contributed by atoms with E-state index >= 15 is 13.2 Å². The number of hydrogen-bond donors (Lipinski definition) is 0. The number of fused-ring (bicyclic) bond motifs is 6. The van der Waals surface area contributed by atoms with Crippen molar-refractivity contribution in [1.82, 2.24) is 9.13 Å². The SMILES string of the molecule is CC(C)(C)c1ccc2c(c1)c1ccccc1n2-c1ccc(-c2ccc(C(F)(F)F)cc2C(F)(F)F)c(-c2cc(C#N)ccc2-n2c3ccccc3c3cc(C(C)(C)C)ccc32)c1. The lowest BCUT2D eigenvalue weighted by molar-refractivity contribution is -0.142. The fourth-order valence-corrected chi connectivity index (χ4v) is 8.75. The van der Waals surface area contributed by atoms with E-state index < -0.39 is 29.0 Å². The van der Waals surface area contributed by atoms with Crippen molar-refractivity contribution in [3.8, 4) is 39.7 Å². The van der Waals surface area contributed by atoms with Gasteiger partial charge in [0.1, 0.15) is 0 Å². The van der Waals surface area contributed by atoms with Gasteiger partial charge in [-0.3, -0.25) is 0 Å². The summed E-state index contributed by atoms with van der Waals surface area (Å²) < 4.78 is 91.4. The van der Waals surface area contributed by atoms with Crippen molar-refractivity contribution < 1.29 is 26.3 Å². The highest BCUT2D eigenvalue weighted by Crippen LogP contribution is 2.47. The van der Waals surface area contributed by atoms with Crippen LogP contribution in [0.25, 0.3) is 77.2 Å². The van der Waals surface area contributed by atoms with Gasteiger partial charge in [-0.2, -0.15) is 31.6 Å². The third-order valence-corrected chi connectivity index (χ3v) is 11.9. The molecular weight excluding hydrogens is 793 g/mol. The Balaban J connectivity index is 1.41. The second-order valence-electron chi connectivity index (χ2n) is 18.0. The highest BCUT2D eigenvalue weighted by molar-refractivity contribution is 6.11. The van der Waals surface area contributed by atoms with Crippen LogP contribution in [0.1, 0.15) is 69.4 Å². The quantitative estimate of drug-likeness (QED) is 0.163. The zero-order valence-corrected chi connectivity index (χ0v) is 34.9. The molecule has 9 aromatic rings. The third kappa shape index (κ3) is 6.78. The van der Waals surface area contributed by atoms with Gasteiger partial charge >= 0.3 is 12.4 Å². The minimum absolute atomic E-state index is 0.0534. The van der Waals surface area contributed by atoms with Gasteiger partial charge in [-0.1, -0.05) is 102 Å². The van der Waals surface area contributed by atoms with Crippen LogP contribution in [-0.2, 0) is 23.2 Å². The summed E-state index contributed by atoms with van der Waals surface area (Å²) in [4.78, 5) is 0. The lowest BCUT2D eigenvalue weighted by Gasteiger charge is -2.22. The molecule has 0 unspecified atom stereocenters. The Morgan fingerprint density at radius 3 is 1.48 bits per heavy atom. The van der Waals surface area contributed by atoms with E-state index in [9.17, 15) is 18.4 Å². The fraction of sp³-hybridized carbons (Fsp3) is 0.189. The molecule has 9 rings (SSSR count). The molecule has 9 heteroatoms.